The molecule has 106 valence electrons. The first-order valence-electron chi connectivity index (χ1n) is 6.91. The van der Waals surface area contributed by atoms with Crippen molar-refractivity contribution in [2.24, 2.45) is 0 Å². The molecule has 1 fully saturated rings. The van der Waals surface area contributed by atoms with Gasteiger partial charge in [0.25, 0.3) is 0 Å². The average Bonchev–Trinajstić information content (AvgIpc) is 2.40. The highest BCUT2D eigenvalue weighted by molar-refractivity contribution is 7.99. The zero-order valence-electron chi connectivity index (χ0n) is 12.1. The molecule has 1 heterocycles. The number of rotatable bonds is 4. The van der Waals surface area contributed by atoms with Gasteiger partial charge in [0.1, 0.15) is 0 Å². The van der Waals surface area contributed by atoms with Gasteiger partial charge in [0.15, 0.2) is 0 Å². The smallest absolute Gasteiger partial charge is 0.0796 e. The highest BCUT2D eigenvalue weighted by Gasteiger charge is 2.22. The summed E-state index contributed by atoms with van der Waals surface area (Å²) in [5.74, 6) is 0.969. The van der Waals surface area contributed by atoms with Gasteiger partial charge in [-0.15, -0.1) is 11.8 Å². The summed E-state index contributed by atoms with van der Waals surface area (Å²) >= 11 is 1.80. The number of morpholine rings is 1. The summed E-state index contributed by atoms with van der Waals surface area (Å²) in [5, 5.41) is 0. The van der Waals surface area contributed by atoms with Crippen LogP contribution in [0.25, 0.3) is 0 Å². The molecule has 2 rings (SSSR count). The van der Waals surface area contributed by atoms with Crippen LogP contribution >= 0.6 is 11.8 Å². The molecule has 1 aliphatic heterocycles. The van der Waals surface area contributed by atoms with E-state index in [-0.39, 0.29) is 0 Å². The first-order chi connectivity index (χ1) is 9.06. The summed E-state index contributed by atoms with van der Waals surface area (Å²) in [6, 6.07) is 6.79. The van der Waals surface area contributed by atoms with Gasteiger partial charge in [0.2, 0.25) is 0 Å². The Kier molecular flexibility index (Phi) is 5.13. The van der Waals surface area contributed by atoms with E-state index in [9.17, 15) is 0 Å². The fraction of sp³-hybridized carbons (Fsp3) is 0.600. The number of thioether (sulfide) groups is 1. The minimum atomic E-state index is 0.307. The van der Waals surface area contributed by atoms with Gasteiger partial charge in [-0.05, 0) is 38.5 Å². The number of benzene rings is 1. The van der Waals surface area contributed by atoms with Gasteiger partial charge in [0.05, 0.1) is 12.7 Å². The molecular formula is C15H24N2OS. The minimum Gasteiger partial charge on any atom is -0.398 e. The maximum atomic E-state index is 6.01. The van der Waals surface area contributed by atoms with E-state index in [1.54, 1.807) is 11.8 Å². The molecule has 1 aromatic carbocycles. The molecule has 19 heavy (non-hydrogen) atoms. The zero-order valence-corrected chi connectivity index (χ0v) is 12.9. The van der Waals surface area contributed by atoms with Crippen molar-refractivity contribution in [2.45, 2.75) is 37.8 Å². The highest BCUT2D eigenvalue weighted by atomic mass is 32.2. The van der Waals surface area contributed by atoms with Crippen molar-refractivity contribution in [2.75, 3.05) is 31.2 Å². The maximum Gasteiger partial charge on any atom is 0.0796 e. The molecule has 0 amide bonds. The van der Waals surface area contributed by atoms with Crippen LogP contribution in [-0.2, 0) is 4.74 Å². The van der Waals surface area contributed by atoms with E-state index in [1.165, 1.54) is 10.5 Å². The number of anilines is 1. The Labute approximate surface area is 120 Å². The van der Waals surface area contributed by atoms with Crippen LogP contribution in [0.2, 0.25) is 0 Å². The Morgan fingerprint density at radius 3 is 3.00 bits per heavy atom. The van der Waals surface area contributed by atoms with Crippen LogP contribution in [0, 0.1) is 6.92 Å². The number of hydrogen-bond donors (Lipinski definition) is 1. The van der Waals surface area contributed by atoms with Gasteiger partial charge in [-0.25, -0.2) is 0 Å². The predicted octanol–water partition coefficient (Wildman–Crippen LogP) is 2.78. The molecule has 0 radical (unpaired) electrons. The van der Waals surface area contributed by atoms with Crippen molar-refractivity contribution in [3.05, 3.63) is 23.8 Å². The first-order valence-corrected chi connectivity index (χ1v) is 7.89. The molecule has 2 N–H and O–H groups in total. The number of ether oxygens (including phenoxy) is 1. The molecule has 1 atom stereocenters. The van der Waals surface area contributed by atoms with E-state index in [0.717, 1.165) is 31.1 Å². The van der Waals surface area contributed by atoms with Crippen molar-refractivity contribution in [1.29, 1.82) is 0 Å². The maximum absolute atomic E-state index is 6.01. The lowest BCUT2D eigenvalue weighted by Crippen LogP contribution is -2.46. The Morgan fingerprint density at radius 2 is 2.26 bits per heavy atom. The molecule has 0 bridgehead atoms. The van der Waals surface area contributed by atoms with Crippen LogP contribution in [0.3, 0.4) is 0 Å². The molecule has 3 nitrogen and oxygen atoms in total. The Bertz CT molecular complexity index is 423. The van der Waals surface area contributed by atoms with Gasteiger partial charge in [-0.3, -0.25) is 4.90 Å². The van der Waals surface area contributed by atoms with Gasteiger partial charge < -0.3 is 10.5 Å². The standard InChI is InChI=1S/C15H24N2OS/c1-11(2)17-6-7-18-13(9-17)10-19-15-8-12(3)4-5-14(15)16/h4-5,8,11,13H,6-7,9-10,16H2,1-3H3. The first kappa shape index (κ1) is 14.7. The molecule has 1 aliphatic rings. The average molecular weight is 280 g/mol. The Morgan fingerprint density at radius 1 is 1.47 bits per heavy atom. The van der Waals surface area contributed by atoms with Crippen LogP contribution in [0.1, 0.15) is 19.4 Å². The van der Waals surface area contributed by atoms with Crippen LogP contribution in [0.4, 0.5) is 5.69 Å². The molecule has 1 unspecified atom stereocenters. The largest absolute Gasteiger partial charge is 0.398 e. The lowest BCUT2D eigenvalue weighted by atomic mass is 10.2. The molecule has 0 aliphatic carbocycles. The van der Waals surface area contributed by atoms with Crippen molar-refractivity contribution >= 4 is 17.4 Å². The summed E-state index contributed by atoms with van der Waals surface area (Å²) in [5.41, 5.74) is 8.13. The number of hydrogen-bond acceptors (Lipinski definition) is 4. The molecular weight excluding hydrogens is 256 g/mol. The van der Waals surface area contributed by atoms with Crippen LogP contribution in [0.5, 0.6) is 0 Å². The van der Waals surface area contributed by atoms with Crippen molar-refractivity contribution < 1.29 is 4.74 Å². The summed E-state index contributed by atoms with van der Waals surface area (Å²) in [6.45, 7) is 9.50. The van der Waals surface area contributed by atoms with Crippen LogP contribution < -0.4 is 5.73 Å². The molecule has 1 saturated heterocycles. The number of nitrogens with two attached hydrogens (primary N) is 1. The lowest BCUT2D eigenvalue weighted by molar-refractivity contribution is -0.0265. The molecule has 1 aromatic rings. The van der Waals surface area contributed by atoms with E-state index in [0.29, 0.717) is 12.1 Å². The molecule has 0 saturated carbocycles. The minimum absolute atomic E-state index is 0.307. The van der Waals surface area contributed by atoms with E-state index in [4.69, 9.17) is 10.5 Å². The Hall–Kier alpha value is -0.710. The van der Waals surface area contributed by atoms with Gasteiger partial charge in [-0.1, -0.05) is 6.07 Å². The van der Waals surface area contributed by atoms with Crippen molar-refractivity contribution in [3.63, 3.8) is 0 Å². The summed E-state index contributed by atoms with van der Waals surface area (Å²) in [7, 11) is 0. The Balaban J connectivity index is 1.89. The number of nitrogen functional groups attached to an aromatic ring is 1. The lowest BCUT2D eigenvalue weighted by Gasteiger charge is -2.35. The second-order valence-electron chi connectivity index (χ2n) is 5.43. The normalized spacial score (nSPS) is 20.9. The zero-order chi connectivity index (χ0) is 13.8. The van der Waals surface area contributed by atoms with Gasteiger partial charge >= 0.3 is 0 Å². The van der Waals surface area contributed by atoms with Crippen LogP contribution in [-0.4, -0.2) is 42.5 Å². The number of aryl methyl sites for hydroxylation is 1. The van der Waals surface area contributed by atoms with E-state index in [1.807, 2.05) is 6.07 Å². The fourth-order valence-corrected chi connectivity index (χ4v) is 3.33. The van der Waals surface area contributed by atoms with Crippen molar-refractivity contribution in [1.82, 2.24) is 4.90 Å². The SMILES string of the molecule is Cc1ccc(N)c(SCC2CN(C(C)C)CCO2)c1. The topological polar surface area (TPSA) is 38.5 Å². The second-order valence-corrected chi connectivity index (χ2v) is 6.50. The highest BCUT2D eigenvalue weighted by Crippen LogP contribution is 2.27. The quantitative estimate of drug-likeness (QED) is 0.680. The summed E-state index contributed by atoms with van der Waals surface area (Å²) in [6.07, 6.45) is 0.307. The van der Waals surface area contributed by atoms with E-state index >= 15 is 0 Å². The summed E-state index contributed by atoms with van der Waals surface area (Å²) in [4.78, 5) is 3.65. The van der Waals surface area contributed by atoms with Gasteiger partial charge in [-0.2, -0.15) is 0 Å². The predicted molar refractivity (Wildman–Crippen MR) is 82.8 cm³/mol. The summed E-state index contributed by atoms with van der Waals surface area (Å²) < 4.78 is 5.85. The molecule has 0 aromatic heterocycles. The van der Waals surface area contributed by atoms with E-state index < -0.39 is 0 Å². The third-order valence-electron chi connectivity index (χ3n) is 3.49. The monoisotopic (exact) mass is 280 g/mol. The van der Waals surface area contributed by atoms with Crippen molar-refractivity contribution in [3.8, 4) is 0 Å². The second kappa shape index (κ2) is 6.64. The number of nitrogens with zero attached hydrogens (tertiary/aromatic N) is 1. The third kappa shape index (κ3) is 4.13. The fourth-order valence-electron chi connectivity index (χ4n) is 2.26. The third-order valence-corrected chi connectivity index (χ3v) is 4.70. The molecule has 4 heteroatoms. The van der Waals surface area contributed by atoms with E-state index in [2.05, 4.69) is 37.8 Å². The van der Waals surface area contributed by atoms with Gasteiger partial charge in [0, 0.05) is 35.5 Å². The van der Waals surface area contributed by atoms with Crippen LogP contribution in [0.15, 0.2) is 23.1 Å². The molecule has 0 spiro atoms.